The van der Waals surface area contributed by atoms with Crippen LogP contribution >= 0.6 is 12.4 Å². The van der Waals surface area contributed by atoms with Crippen LogP contribution in [0.15, 0.2) is 23.6 Å². The average molecular weight is 224 g/mol. The van der Waals surface area contributed by atoms with Gasteiger partial charge in [-0.3, -0.25) is 4.79 Å². The van der Waals surface area contributed by atoms with Crippen molar-refractivity contribution in [3.8, 4) is 0 Å². The highest BCUT2D eigenvalue weighted by Crippen LogP contribution is 2.14. The molecule has 1 amide bonds. The molecule has 0 bridgehead atoms. The summed E-state index contributed by atoms with van der Waals surface area (Å²) in [5.74, 6) is -0.608. The van der Waals surface area contributed by atoms with Crippen molar-refractivity contribution in [2.24, 2.45) is 5.73 Å². The van der Waals surface area contributed by atoms with Crippen LogP contribution in [0, 0.1) is 0 Å². The zero-order chi connectivity index (χ0) is 9.19. The summed E-state index contributed by atoms with van der Waals surface area (Å²) in [5.41, 5.74) is 4.88. The molecule has 0 saturated heterocycles. The highest BCUT2D eigenvalue weighted by molar-refractivity contribution is 7.95. The van der Waals surface area contributed by atoms with E-state index in [1.807, 2.05) is 0 Å². The molecule has 13 heavy (non-hydrogen) atoms. The van der Waals surface area contributed by atoms with Crippen LogP contribution in [-0.2, 0) is 14.6 Å². The molecule has 1 heterocycles. The molecule has 4 nitrogen and oxygen atoms in total. The summed E-state index contributed by atoms with van der Waals surface area (Å²) in [5, 5.41) is 0.306. The van der Waals surface area contributed by atoms with Crippen molar-refractivity contribution in [2.75, 3.05) is 0 Å². The summed E-state index contributed by atoms with van der Waals surface area (Å²) in [6.07, 6.45) is 4.32. The molecule has 1 atom stereocenters. The molecule has 74 valence electrons. The van der Waals surface area contributed by atoms with Crippen LogP contribution in [0.5, 0.6) is 0 Å². The number of carbonyl (C=O) groups is 1. The number of primary amides is 1. The van der Waals surface area contributed by atoms with Gasteiger partial charge in [0, 0.05) is 11.8 Å². The van der Waals surface area contributed by atoms with E-state index in [0.717, 1.165) is 5.41 Å². The number of hydrogen-bond acceptors (Lipinski definition) is 3. The Morgan fingerprint density at radius 2 is 2.00 bits per heavy atom. The quantitative estimate of drug-likeness (QED) is 0.724. The molecule has 1 aliphatic rings. The van der Waals surface area contributed by atoms with Crippen LogP contribution in [0.2, 0.25) is 0 Å². The number of rotatable bonds is 2. The second kappa shape index (κ2) is 4.43. The summed E-state index contributed by atoms with van der Waals surface area (Å²) in [7, 11) is -3.29. The molecule has 0 fully saturated rings. The van der Waals surface area contributed by atoms with E-state index in [4.69, 9.17) is 5.73 Å². The van der Waals surface area contributed by atoms with Gasteiger partial charge >= 0.3 is 0 Å². The predicted octanol–water partition coefficient (Wildman–Crippen LogP) is 0.151. The normalized spacial score (nSPS) is 23.5. The van der Waals surface area contributed by atoms with Crippen LogP contribution in [0.25, 0.3) is 0 Å². The minimum Gasteiger partial charge on any atom is -0.370 e. The largest absolute Gasteiger partial charge is 0.370 e. The molecule has 1 rings (SSSR count). The van der Waals surface area contributed by atoms with E-state index in [0.29, 0.717) is 0 Å². The Bertz CT molecular complexity index is 345. The van der Waals surface area contributed by atoms with Gasteiger partial charge < -0.3 is 5.73 Å². The van der Waals surface area contributed by atoms with E-state index in [-0.39, 0.29) is 18.8 Å². The third-order valence-electron chi connectivity index (χ3n) is 1.53. The molecular formula is C7H10ClNO3S. The molecule has 1 unspecified atom stereocenters. The van der Waals surface area contributed by atoms with E-state index in [1.54, 1.807) is 6.08 Å². The number of sulfone groups is 1. The third-order valence-corrected chi connectivity index (χ3v) is 3.23. The van der Waals surface area contributed by atoms with Gasteiger partial charge in [-0.15, -0.1) is 12.4 Å². The molecule has 1 aliphatic heterocycles. The first-order valence-corrected chi connectivity index (χ1v) is 5.00. The predicted molar refractivity (Wildman–Crippen MR) is 52.0 cm³/mol. The summed E-state index contributed by atoms with van der Waals surface area (Å²) in [6.45, 7) is 0. The maximum atomic E-state index is 11.2. The second-order valence-corrected chi connectivity index (χ2v) is 4.57. The third kappa shape index (κ3) is 3.20. The fourth-order valence-corrected chi connectivity index (χ4v) is 2.15. The standard InChI is InChI=1S/C7H9NO3S.ClH/c8-7(9)5-6-3-1-2-4-12(6,10)11;/h1-4,6H,5H2,(H2,8,9);1H. The van der Waals surface area contributed by atoms with Crippen molar-refractivity contribution in [3.63, 3.8) is 0 Å². The highest BCUT2D eigenvalue weighted by Gasteiger charge is 2.23. The number of amides is 1. The molecule has 0 aromatic rings. The van der Waals surface area contributed by atoms with Crippen LogP contribution in [0.1, 0.15) is 6.42 Å². The van der Waals surface area contributed by atoms with Gasteiger partial charge in [0.2, 0.25) is 5.91 Å². The maximum absolute atomic E-state index is 11.2. The Hall–Kier alpha value is -0.810. The summed E-state index contributed by atoms with van der Waals surface area (Å²) >= 11 is 0. The Morgan fingerprint density at radius 3 is 2.46 bits per heavy atom. The van der Waals surface area contributed by atoms with Gasteiger partial charge in [0.15, 0.2) is 9.84 Å². The van der Waals surface area contributed by atoms with Crippen LogP contribution < -0.4 is 5.73 Å². The van der Waals surface area contributed by atoms with Gasteiger partial charge in [-0.2, -0.15) is 0 Å². The van der Waals surface area contributed by atoms with E-state index in [2.05, 4.69) is 0 Å². The van der Waals surface area contributed by atoms with Gasteiger partial charge in [-0.1, -0.05) is 18.2 Å². The average Bonchev–Trinajstić information content (AvgIpc) is 1.92. The Balaban J connectivity index is 0.00000144. The van der Waals surface area contributed by atoms with Gasteiger partial charge in [0.05, 0.1) is 5.25 Å². The fraction of sp³-hybridized carbons (Fsp3) is 0.286. The second-order valence-electron chi connectivity index (χ2n) is 2.51. The van der Waals surface area contributed by atoms with Crippen molar-refractivity contribution >= 4 is 28.2 Å². The SMILES string of the molecule is Cl.NC(=O)CC1C=CC=CS1(=O)=O. The lowest BCUT2D eigenvalue weighted by Gasteiger charge is -2.10. The van der Waals surface area contributed by atoms with Gasteiger partial charge in [0.1, 0.15) is 0 Å². The lowest BCUT2D eigenvalue weighted by atomic mass is 10.2. The summed E-state index contributed by atoms with van der Waals surface area (Å²) in [4.78, 5) is 10.5. The van der Waals surface area contributed by atoms with Crippen molar-refractivity contribution in [1.82, 2.24) is 0 Å². The summed E-state index contributed by atoms with van der Waals surface area (Å²) in [6, 6.07) is 0. The minimum atomic E-state index is -3.29. The fourth-order valence-electron chi connectivity index (χ4n) is 0.936. The molecule has 6 heteroatoms. The zero-order valence-corrected chi connectivity index (χ0v) is 8.35. The zero-order valence-electron chi connectivity index (χ0n) is 6.71. The van der Waals surface area contributed by atoms with Gasteiger partial charge in [0.25, 0.3) is 0 Å². The van der Waals surface area contributed by atoms with E-state index in [9.17, 15) is 13.2 Å². The number of allylic oxidation sites excluding steroid dienone is 2. The first kappa shape index (κ1) is 12.2. The van der Waals surface area contributed by atoms with E-state index in [1.165, 1.54) is 12.2 Å². The number of hydrogen-bond donors (Lipinski definition) is 1. The Morgan fingerprint density at radius 1 is 1.38 bits per heavy atom. The molecule has 0 aromatic carbocycles. The smallest absolute Gasteiger partial charge is 0.219 e. The monoisotopic (exact) mass is 223 g/mol. The Kier molecular flexibility index (Phi) is 4.16. The first-order chi connectivity index (χ1) is 5.52. The molecule has 2 N–H and O–H groups in total. The van der Waals surface area contributed by atoms with Gasteiger partial charge in [-0.25, -0.2) is 8.42 Å². The molecular weight excluding hydrogens is 214 g/mol. The van der Waals surface area contributed by atoms with Gasteiger partial charge in [-0.05, 0) is 0 Å². The van der Waals surface area contributed by atoms with Crippen molar-refractivity contribution in [3.05, 3.63) is 23.6 Å². The maximum Gasteiger partial charge on any atom is 0.219 e. The lowest BCUT2D eigenvalue weighted by molar-refractivity contribution is -0.117. The topological polar surface area (TPSA) is 77.2 Å². The van der Waals surface area contributed by atoms with Crippen molar-refractivity contribution in [2.45, 2.75) is 11.7 Å². The van der Waals surface area contributed by atoms with Crippen molar-refractivity contribution in [1.29, 1.82) is 0 Å². The lowest BCUT2D eigenvalue weighted by Crippen LogP contribution is -2.25. The number of nitrogens with two attached hydrogens (primary N) is 1. The minimum absolute atomic E-state index is 0. The highest BCUT2D eigenvalue weighted by atomic mass is 35.5. The summed E-state index contributed by atoms with van der Waals surface area (Å²) < 4.78 is 22.3. The molecule has 0 aromatic heterocycles. The van der Waals surface area contributed by atoms with Crippen molar-refractivity contribution < 1.29 is 13.2 Å². The van der Waals surface area contributed by atoms with Crippen LogP contribution in [0.3, 0.4) is 0 Å². The number of halogens is 1. The van der Waals surface area contributed by atoms with E-state index >= 15 is 0 Å². The van der Waals surface area contributed by atoms with E-state index < -0.39 is 21.0 Å². The molecule has 0 radical (unpaired) electrons. The molecule has 0 saturated carbocycles. The Labute approximate surface area is 82.8 Å². The first-order valence-electron chi connectivity index (χ1n) is 3.39. The van der Waals surface area contributed by atoms with Crippen LogP contribution in [-0.4, -0.2) is 19.6 Å². The number of carbonyl (C=O) groups excluding carboxylic acids is 1. The van der Waals surface area contributed by atoms with Crippen LogP contribution in [0.4, 0.5) is 0 Å². The molecule has 0 aliphatic carbocycles. The molecule has 0 spiro atoms.